The second kappa shape index (κ2) is 5.93. The van der Waals surface area contributed by atoms with Gasteiger partial charge in [0.1, 0.15) is 5.69 Å². The van der Waals surface area contributed by atoms with Crippen molar-refractivity contribution in [2.45, 2.75) is 6.42 Å². The molecule has 0 saturated heterocycles. The van der Waals surface area contributed by atoms with Crippen molar-refractivity contribution in [1.29, 1.82) is 0 Å². The molecule has 2 aromatic carbocycles. The minimum Gasteiger partial charge on any atom is -0.348 e. The Bertz CT molecular complexity index is 813. The molecule has 0 saturated carbocycles. The van der Waals surface area contributed by atoms with E-state index in [2.05, 4.69) is 10.2 Å². The third-order valence-corrected chi connectivity index (χ3v) is 3.63. The van der Waals surface area contributed by atoms with Crippen LogP contribution in [0.25, 0.3) is 22.0 Å². The van der Waals surface area contributed by atoms with E-state index in [1.807, 2.05) is 54.6 Å². The third kappa shape index (κ3) is 2.68. The smallest absolute Gasteiger partial charge is 0.228 e. The van der Waals surface area contributed by atoms with Crippen LogP contribution in [0.5, 0.6) is 0 Å². The van der Waals surface area contributed by atoms with Crippen LogP contribution < -0.4 is 0 Å². The van der Waals surface area contributed by atoms with Crippen molar-refractivity contribution >= 4 is 16.7 Å². The molecule has 1 aromatic heterocycles. The van der Waals surface area contributed by atoms with Crippen LogP contribution >= 0.6 is 0 Å². The summed E-state index contributed by atoms with van der Waals surface area (Å²) in [5, 5.41) is 10.7. The molecule has 0 atom stereocenters. The molecule has 0 aliphatic heterocycles. The highest BCUT2D eigenvalue weighted by atomic mass is 16.2. The Morgan fingerprint density at radius 1 is 0.909 bits per heavy atom. The first kappa shape index (κ1) is 14.2. The highest BCUT2D eigenvalue weighted by Gasteiger charge is 2.14. The van der Waals surface area contributed by atoms with E-state index in [1.165, 1.54) is 0 Å². The monoisotopic (exact) mass is 291 g/mol. The van der Waals surface area contributed by atoms with E-state index < -0.39 is 0 Å². The number of benzene rings is 2. The zero-order valence-electron chi connectivity index (χ0n) is 12.7. The molecule has 3 aromatic rings. The molecule has 1 amide bonds. The summed E-state index contributed by atoms with van der Waals surface area (Å²) < 4.78 is 0. The van der Waals surface area contributed by atoms with Crippen LogP contribution in [0.2, 0.25) is 0 Å². The first-order valence-corrected chi connectivity index (χ1v) is 7.16. The average Bonchev–Trinajstić information content (AvgIpc) is 2.56. The Labute approximate surface area is 129 Å². The van der Waals surface area contributed by atoms with E-state index in [0.29, 0.717) is 5.69 Å². The zero-order chi connectivity index (χ0) is 15.5. The number of fused-ring (bicyclic) bond motifs is 1. The van der Waals surface area contributed by atoms with E-state index in [4.69, 9.17) is 0 Å². The Balaban J connectivity index is 2.14. The minimum absolute atomic E-state index is 0.0203. The van der Waals surface area contributed by atoms with E-state index in [-0.39, 0.29) is 12.3 Å². The normalized spacial score (nSPS) is 10.6. The summed E-state index contributed by atoms with van der Waals surface area (Å²) in [7, 11) is 3.49. The molecule has 110 valence electrons. The van der Waals surface area contributed by atoms with Gasteiger partial charge in [0.25, 0.3) is 0 Å². The van der Waals surface area contributed by atoms with Crippen LogP contribution in [0.15, 0.2) is 54.6 Å². The molecule has 0 unspecified atom stereocenters. The molecular weight excluding hydrogens is 274 g/mol. The van der Waals surface area contributed by atoms with Gasteiger partial charge in [0.15, 0.2) is 0 Å². The number of likely N-dealkylation sites (N-methyl/N-ethyl adjacent to an activating group) is 1. The average molecular weight is 291 g/mol. The summed E-state index contributed by atoms with van der Waals surface area (Å²) in [6.45, 7) is 0. The van der Waals surface area contributed by atoms with Gasteiger partial charge in [-0.2, -0.15) is 5.10 Å². The number of amides is 1. The molecule has 3 rings (SSSR count). The van der Waals surface area contributed by atoms with Crippen LogP contribution in [-0.2, 0) is 11.2 Å². The standard InChI is InChI=1S/C18H17N3O/c1-21(2)17(22)12-16-14-10-6-7-11-15(14)18(20-19-16)13-8-4-3-5-9-13/h3-11H,12H2,1-2H3. The van der Waals surface area contributed by atoms with Crippen molar-refractivity contribution in [3.63, 3.8) is 0 Å². The quantitative estimate of drug-likeness (QED) is 0.745. The van der Waals surface area contributed by atoms with Crippen LogP contribution in [0.4, 0.5) is 0 Å². The van der Waals surface area contributed by atoms with Crippen LogP contribution in [-0.4, -0.2) is 35.1 Å². The maximum absolute atomic E-state index is 12.0. The first-order chi connectivity index (χ1) is 10.7. The van der Waals surface area contributed by atoms with Gasteiger partial charge in [0.2, 0.25) is 5.91 Å². The topological polar surface area (TPSA) is 46.1 Å². The van der Waals surface area contributed by atoms with Gasteiger partial charge in [0.05, 0.1) is 12.1 Å². The highest BCUT2D eigenvalue weighted by Crippen LogP contribution is 2.27. The Morgan fingerprint density at radius 3 is 2.23 bits per heavy atom. The van der Waals surface area contributed by atoms with Gasteiger partial charge in [-0.25, -0.2) is 0 Å². The second-order valence-corrected chi connectivity index (χ2v) is 5.37. The van der Waals surface area contributed by atoms with Gasteiger partial charge in [0, 0.05) is 30.4 Å². The summed E-state index contributed by atoms with van der Waals surface area (Å²) >= 11 is 0. The van der Waals surface area contributed by atoms with Crippen molar-refractivity contribution in [1.82, 2.24) is 15.1 Å². The van der Waals surface area contributed by atoms with Crippen LogP contribution in [0.3, 0.4) is 0 Å². The number of carbonyl (C=O) groups is 1. The second-order valence-electron chi connectivity index (χ2n) is 5.37. The van der Waals surface area contributed by atoms with Crippen molar-refractivity contribution < 1.29 is 4.79 Å². The molecule has 1 heterocycles. The number of hydrogen-bond acceptors (Lipinski definition) is 3. The maximum Gasteiger partial charge on any atom is 0.228 e. The zero-order valence-corrected chi connectivity index (χ0v) is 12.7. The van der Waals surface area contributed by atoms with Crippen LogP contribution in [0.1, 0.15) is 5.69 Å². The van der Waals surface area contributed by atoms with Gasteiger partial charge >= 0.3 is 0 Å². The van der Waals surface area contributed by atoms with Crippen molar-refractivity contribution in [2.75, 3.05) is 14.1 Å². The predicted molar refractivity (Wildman–Crippen MR) is 87.4 cm³/mol. The Morgan fingerprint density at radius 2 is 1.55 bits per heavy atom. The van der Waals surface area contributed by atoms with Crippen LogP contribution in [0, 0.1) is 0 Å². The van der Waals surface area contributed by atoms with Gasteiger partial charge in [-0.1, -0.05) is 54.6 Å². The number of rotatable bonds is 3. The van der Waals surface area contributed by atoms with E-state index in [0.717, 1.165) is 22.0 Å². The molecule has 4 heteroatoms. The van der Waals surface area contributed by atoms with E-state index in [9.17, 15) is 4.79 Å². The largest absolute Gasteiger partial charge is 0.348 e. The fourth-order valence-electron chi connectivity index (χ4n) is 2.40. The summed E-state index contributed by atoms with van der Waals surface area (Å²) in [5.41, 5.74) is 2.59. The van der Waals surface area contributed by atoms with E-state index >= 15 is 0 Å². The summed E-state index contributed by atoms with van der Waals surface area (Å²) in [4.78, 5) is 13.5. The van der Waals surface area contributed by atoms with E-state index in [1.54, 1.807) is 19.0 Å². The molecule has 0 aliphatic rings. The fraction of sp³-hybridized carbons (Fsp3) is 0.167. The lowest BCUT2D eigenvalue weighted by Gasteiger charge is -2.12. The molecule has 0 fully saturated rings. The molecule has 22 heavy (non-hydrogen) atoms. The summed E-state index contributed by atoms with van der Waals surface area (Å²) in [6.07, 6.45) is 0.260. The third-order valence-electron chi connectivity index (χ3n) is 3.63. The lowest BCUT2D eigenvalue weighted by atomic mass is 10.0. The number of aromatic nitrogens is 2. The van der Waals surface area contributed by atoms with Gasteiger partial charge in [-0.05, 0) is 0 Å². The molecule has 0 bridgehead atoms. The lowest BCUT2D eigenvalue weighted by molar-refractivity contribution is -0.128. The molecule has 0 N–H and O–H groups in total. The Hall–Kier alpha value is -2.75. The molecule has 4 nitrogen and oxygen atoms in total. The molecule has 0 aliphatic carbocycles. The van der Waals surface area contributed by atoms with Crippen molar-refractivity contribution in [3.05, 3.63) is 60.3 Å². The predicted octanol–water partition coefficient (Wildman–Crippen LogP) is 2.93. The maximum atomic E-state index is 12.0. The fourth-order valence-corrected chi connectivity index (χ4v) is 2.40. The Kier molecular flexibility index (Phi) is 3.83. The van der Waals surface area contributed by atoms with Gasteiger partial charge in [-0.15, -0.1) is 5.10 Å². The summed E-state index contributed by atoms with van der Waals surface area (Å²) in [5.74, 6) is 0.0203. The van der Waals surface area contributed by atoms with Gasteiger partial charge < -0.3 is 4.90 Å². The first-order valence-electron chi connectivity index (χ1n) is 7.16. The van der Waals surface area contributed by atoms with Gasteiger partial charge in [-0.3, -0.25) is 4.79 Å². The summed E-state index contributed by atoms with van der Waals surface area (Å²) in [6, 6.07) is 17.9. The number of nitrogens with zero attached hydrogens (tertiary/aromatic N) is 3. The van der Waals surface area contributed by atoms with Crippen molar-refractivity contribution in [3.8, 4) is 11.3 Å². The van der Waals surface area contributed by atoms with Crippen molar-refractivity contribution in [2.24, 2.45) is 0 Å². The minimum atomic E-state index is 0.0203. The molecule has 0 radical (unpaired) electrons. The number of hydrogen-bond donors (Lipinski definition) is 0. The lowest BCUT2D eigenvalue weighted by Crippen LogP contribution is -2.24. The SMILES string of the molecule is CN(C)C(=O)Cc1nnc(-c2ccccc2)c2ccccc12. The molecular formula is C18H17N3O. The number of carbonyl (C=O) groups excluding carboxylic acids is 1. The molecule has 0 spiro atoms. The highest BCUT2D eigenvalue weighted by molar-refractivity contribution is 5.97.